The van der Waals surface area contributed by atoms with Crippen molar-refractivity contribution in [2.45, 2.75) is 231 Å². The lowest BCUT2D eigenvalue weighted by Gasteiger charge is -2.52. The maximum Gasteiger partial charge on any atom is 0.252 e. The number of fused-ring (bicyclic) bond motifs is 13. The molecule has 4 nitrogen and oxygen atoms in total. The lowest BCUT2D eigenvalue weighted by atomic mass is 9.32. The Kier molecular flexibility index (Phi) is 10.8. The van der Waals surface area contributed by atoms with Crippen LogP contribution in [0.2, 0.25) is 0 Å². The zero-order chi connectivity index (χ0) is 58.3. The number of hydrogen-bond donors (Lipinski definition) is 0. The molecule has 7 aliphatic rings. The molecular formula is C78H90BN3O. The summed E-state index contributed by atoms with van der Waals surface area (Å²) in [6.45, 7) is 42.5. The summed E-state index contributed by atoms with van der Waals surface area (Å²) in [5.41, 5.74) is 28.1. The van der Waals surface area contributed by atoms with Gasteiger partial charge in [0.2, 0.25) is 0 Å². The second-order valence-electron chi connectivity index (χ2n) is 32.8. The molecule has 0 radical (unpaired) electrons. The minimum absolute atomic E-state index is 0.00360. The molecule has 0 saturated heterocycles. The molecule has 0 amide bonds. The highest BCUT2D eigenvalue weighted by Gasteiger charge is 2.59. The minimum atomic E-state index is -0.178. The van der Waals surface area contributed by atoms with Gasteiger partial charge in [0.05, 0.1) is 11.2 Å². The summed E-state index contributed by atoms with van der Waals surface area (Å²) in [7, 11) is 0. The van der Waals surface area contributed by atoms with E-state index >= 15 is 0 Å². The van der Waals surface area contributed by atoms with Gasteiger partial charge < -0.3 is 19.1 Å². The molecule has 0 spiro atoms. The van der Waals surface area contributed by atoms with Crippen LogP contribution in [0.1, 0.15) is 226 Å². The Morgan fingerprint density at radius 2 is 0.916 bits per heavy atom. The summed E-state index contributed by atoms with van der Waals surface area (Å²) >= 11 is 0. The highest BCUT2D eigenvalue weighted by atomic mass is 16.3. The van der Waals surface area contributed by atoms with Gasteiger partial charge in [-0.3, -0.25) is 0 Å². The van der Waals surface area contributed by atoms with E-state index in [0.717, 1.165) is 66.2 Å². The fourth-order valence-corrected chi connectivity index (χ4v) is 18.0. The van der Waals surface area contributed by atoms with Crippen molar-refractivity contribution in [3.8, 4) is 0 Å². The molecule has 4 heterocycles. The van der Waals surface area contributed by atoms with Gasteiger partial charge in [-0.05, 0) is 212 Å². The lowest BCUT2D eigenvalue weighted by molar-refractivity contribution is 0.195. The largest absolute Gasteiger partial charge is 0.454 e. The monoisotopic (exact) mass is 1100 g/mol. The zero-order valence-electron chi connectivity index (χ0n) is 53.4. The number of nitrogens with zero attached hydrogens (tertiary/aromatic N) is 3. The van der Waals surface area contributed by atoms with Crippen LogP contribution >= 0.6 is 0 Å². The van der Waals surface area contributed by atoms with Crippen molar-refractivity contribution < 1.29 is 4.42 Å². The average Bonchev–Trinajstić information content (AvgIpc) is 1.75. The van der Waals surface area contributed by atoms with Gasteiger partial charge >= 0.3 is 0 Å². The van der Waals surface area contributed by atoms with Gasteiger partial charge in [-0.15, -0.1) is 0 Å². The van der Waals surface area contributed by atoms with Gasteiger partial charge in [0.25, 0.3) is 6.71 Å². The van der Waals surface area contributed by atoms with Crippen molar-refractivity contribution >= 4 is 90.5 Å². The van der Waals surface area contributed by atoms with Gasteiger partial charge in [0, 0.05) is 56.0 Å². The summed E-state index contributed by atoms with van der Waals surface area (Å²) in [4.78, 5) is 8.38. The van der Waals surface area contributed by atoms with E-state index in [-0.39, 0.29) is 55.6 Å². The molecule has 5 heteroatoms. The van der Waals surface area contributed by atoms with Crippen molar-refractivity contribution in [1.82, 2.24) is 0 Å². The fourth-order valence-electron chi connectivity index (χ4n) is 18.0. The van der Waals surface area contributed by atoms with Crippen LogP contribution in [0.25, 0.3) is 21.9 Å². The van der Waals surface area contributed by atoms with Gasteiger partial charge in [-0.2, -0.15) is 0 Å². The zero-order valence-corrected chi connectivity index (χ0v) is 53.4. The number of para-hydroxylation sites is 2. The Morgan fingerprint density at radius 1 is 0.398 bits per heavy atom. The average molecular weight is 1100 g/mol. The SMILES string of the molecule is CC(C)(C)c1ccc2c(c1)C1(C)CCCCC1(C)N2c1cc2c3c(c1)N(c1cccc4c1oc1ccccc14)c1cc4c(cc1B3c1cc3c(cc1N2c1ccc2c(c1)C(C)(C)CCC2(C)C)C(C)(C)CCC3(C)C)C(C)(C)CCC4(C)C. The van der Waals surface area contributed by atoms with Crippen LogP contribution < -0.4 is 31.1 Å². The lowest BCUT2D eigenvalue weighted by Crippen LogP contribution is -2.62. The molecule has 0 bridgehead atoms. The second-order valence-corrected chi connectivity index (χ2v) is 32.8. The first-order valence-corrected chi connectivity index (χ1v) is 32.1. The first kappa shape index (κ1) is 53.5. The number of anilines is 8. The predicted molar refractivity (Wildman–Crippen MR) is 355 cm³/mol. The van der Waals surface area contributed by atoms with Gasteiger partial charge in [-0.25, -0.2) is 0 Å². The molecule has 7 aromatic carbocycles. The highest BCUT2D eigenvalue weighted by Crippen LogP contribution is 2.63. The normalized spacial score (nSPS) is 24.3. The third-order valence-corrected chi connectivity index (χ3v) is 23.9. The molecule has 0 N–H and O–H groups in total. The Morgan fingerprint density at radius 3 is 1.52 bits per heavy atom. The van der Waals surface area contributed by atoms with E-state index in [4.69, 9.17) is 4.42 Å². The summed E-state index contributed by atoms with van der Waals surface area (Å²) in [5, 5.41) is 2.31. The van der Waals surface area contributed by atoms with Crippen molar-refractivity contribution in [3.05, 3.63) is 160 Å². The minimum Gasteiger partial charge on any atom is -0.454 e. The quantitative estimate of drug-likeness (QED) is 0.165. The molecular weight excluding hydrogens is 1010 g/mol. The van der Waals surface area contributed by atoms with E-state index < -0.39 is 0 Å². The van der Waals surface area contributed by atoms with Crippen molar-refractivity contribution in [3.63, 3.8) is 0 Å². The van der Waals surface area contributed by atoms with E-state index in [1.54, 1.807) is 0 Å². The number of furan rings is 1. The number of benzene rings is 7. The van der Waals surface area contributed by atoms with E-state index in [9.17, 15) is 0 Å². The van der Waals surface area contributed by atoms with Crippen LogP contribution in [-0.4, -0.2) is 12.3 Å². The Labute approximate surface area is 497 Å². The number of hydrogen-bond acceptors (Lipinski definition) is 4. The molecule has 2 unspecified atom stereocenters. The van der Waals surface area contributed by atoms with Gasteiger partial charge in [0.15, 0.2) is 5.58 Å². The Bertz CT molecular complexity index is 4120. The van der Waals surface area contributed by atoms with Crippen LogP contribution in [0.5, 0.6) is 0 Å². The van der Waals surface area contributed by atoms with E-state index in [2.05, 4.69) is 248 Å². The summed E-state index contributed by atoms with van der Waals surface area (Å²) in [5.74, 6) is 0. The van der Waals surface area contributed by atoms with Crippen LogP contribution in [0.4, 0.5) is 45.5 Å². The molecule has 3 aliphatic heterocycles. The van der Waals surface area contributed by atoms with Crippen LogP contribution in [0, 0.1) is 0 Å². The second kappa shape index (κ2) is 16.8. The molecule has 2 atom stereocenters. The topological polar surface area (TPSA) is 22.9 Å². The molecule has 426 valence electrons. The van der Waals surface area contributed by atoms with Crippen LogP contribution in [-0.2, 0) is 43.3 Å². The van der Waals surface area contributed by atoms with Crippen LogP contribution in [0.15, 0.2) is 120 Å². The molecule has 83 heavy (non-hydrogen) atoms. The summed E-state index contributed by atoms with van der Waals surface area (Å²) < 4.78 is 7.24. The van der Waals surface area contributed by atoms with Crippen molar-refractivity contribution in [1.29, 1.82) is 0 Å². The van der Waals surface area contributed by atoms with Crippen molar-refractivity contribution in [2.75, 3.05) is 14.7 Å². The molecule has 15 rings (SSSR count). The van der Waals surface area contributed by atoms with Crippen molar-refractivity contribution in [2.24, 2.45) is 0 Å². The molecule has 4 aliphatic carbocycles. The summed E-state index contributed by atoms with van der Waals surface area (Å²) in [6, 6.07) is 47.2. The Balaban J connectivity index is 1.12. The predicted octanol–water partition coefficient (Wildman–Crippen LogP) is 19.8. The number of rotatable bonds is 3. The third kappa shape index (κ3) is 7.30. The van der Waals surface area contributed by atoms with Gasteiger partial charge in [-0.1, -0.05) is 184 Å². The maximum atomic E-state index is 7.24. The molecule has 8 aromatic rings. The first-order valence-electron chi connectivity index (χ1n) is 32.1. The Hall–Kier alpha value is -6.20. The molecule has 1 aromatic heterocycles. The first-order chi connectivity index (χ1) is 39.0. The molecule has 1 fully saturated rings. The van der Waals surface area contributed by atoms with Gasteiger partial charge in [0.1, 0.15) is 5.58 Å². The fraction of sp³-hybridized carbons (Fsp3) is 0.462. The molecule has 1 saturated carbocycles. The van der Waals surface area contributed by atoms with Crippen LogP contribution in [0.3, 0.4) is 0 Å². The smallest absolute Gasteiger partial charge is 0.252 e. The third-order valence-electron chi connectivity index (χ3n) is 23.9. The maximum absolute atomic E-state index is 7.24. The van der Waals surface area contributed by atoms with E-state index in [1.165, 1.54) is 126 Å². The summed E-state index contributed by atoms with van der Waals surface area (Å²) in [6.07, 6.45) is 11.7. The van der Waals surface area contributed by atoms with E-state index in [0.29, 0.717) is 0 Å². The highest BCUT2D eigenvalue weighted by molar-refractivity contribution is 7.00. The standard InChI is InChI=1S/C78H90BN3O/c1-70(2,3)47-27-30-61-58(39-47)77(16)31-20-21-32-78(77,17)82(61)49-41-65-68-66(42-49)81(62-25-22-24-51-50-23-18-19-26-67(50)83-69(51)62)64-46-57-55(74(10,11)36-38-76(57,14)15)44-60(64)79(68)59-43-54-56(75(12,13)37-35-73(54,8)9)45-63(59)80(65)48-28-29-52-53(40-48)72(6,7)34-33-71(52,4)5/h18-19,22-30,39-46H,20-21,31-38H2,1-17H3. The van der Waals surface area contributed by atoms with E-state index in [1.807, 2.05) is 0 Å².